The van der Waals surface area contributed by atoms with Gasteiger partial charge in [0.1, 0.15) is 6.33 Å². The molecule has 4 rings (SSSR count). The van der Waals surface area contributed by atoms with E-state index in [4.69, 9.17) is 0 Å². The number of benzene rings is 1. The number of halogens is 3. The molecule has 0 aliphatic heterocycles. The van der Waals surface area contributed by atoms with Gasteiger partial charge in [0.2, 0.25) is 5.82 Å². The van der Waals surface area contributed by atoms with Crippen LogP contribution in [-0.2, 0) is 12.7 Å². The summed E-state index contributed by atoms with van der Waals surface area (Å²) < 4.78 is 40.9. The Morgan fingerprint density at radius 2 is 1.85 bits per heavy atom. The van der Waals surface area contributed by atoms with Gasteiger partial charge in [0, 0.05) is 17.3 Å². The fraction of sp³-hybridized carbons (Fsp3) is 0.182. The van der Waals surface area contributed by atoms with Crippen molar-refractivity contribution in [1.82, 2.24) is 35.3 Å². The van der Waals surface area contributed by atoms with Crippen LogP contribution in [0.25, 0.3) is 16.9 Å². The van der Waals surface area contributed by atoms with Gasteiger partial charge in [0.15, 0.2) is 0 Å². The van der Waals surface area contributed by atoms with Crippen molar-refractivity contribution in [2.24, 2.45) is 0 Å². The molecular formula is C22H18F3N7O. The first-order valence-electron chi connectivity index (χ1n) is 9.84. The van der Waals surface area contributed by atoms with Crippen molar-refractivity contribution in [3.8, 4) is 16.9 Å². The molecule has 0 aliphatic rings. The average Bonchev–Trinajstić information content (AvgIpc) is 3.29. The van der Waals surface area contributed by atoms with Crippen LogP contribution in [0.15, 0.2) is 55.0 Å². The summed E-state index contributed by atoms with van der Waals surface area (Å²) in [6.07, 6.45) is -2.27. The van der Waals surface area contributed by atoms with Crippen molar-refractivity contribution >= 4 is 5.91 Å². The van der Waals surface area contributed by atoms with Crippen molar-refractivity contribution in [1.29, 1.82) is 0 Å². The van der Waals surface area contributed by atoms with Crippen molar-refractivity contribution in [2.75, 3.05) is 0 Å². The number of nitrogens with zero attached hydrogens (tertiary/aromatic N) is 6. The number of aryl methyl sites for hydroxylation is 2. The first-order chi connectivity index (χ1) is 15.7. The van der Waals surface area contributed by atoms with Gasteiger partial charge in [0.25, 0.3) is 5.91 Å². The number of nitrogens with one attached hydrogen (secondary N) is 1. The minimum Gasteiger partial charge on any atom is -0.346 e. The minimum absolute atomic E-state index is 0.0278. The average molecular weight is 453 g/mol. The summed E-state index contributed by atoms with van der Waals surface area (Å²) in [6, 6.07) is 11.4. The molecule has 11 heteroatoms. The second-order valence-electron chi connectivity index (χ2n) is 7.33. The third-order valence-corrected chi connectivity index (χ3v) is 4.72. The van der Waals surface area contributed by atoms with E-state index in [-0.39, 0.29) is 17.8 Å². The third kappa shape index (κ3) is 5.03. The second kappa shape index (κ2) is 8.77. The van der Waals surface area contributed by atoms with Gasteiger partial charge in [0.05, 0.1) is 29.3 Å². The van der Waals surface area contributed by atoms with Crippen LogP contribution in [-0.4, -0.2) is 35.9 Å². The molecule has 0 unspecified atom stereocenters. The number of alkyl halides is 3. The van der Waals surface area contributed by atoms with Crippen LogP contribution in [0.3, 0.4) is 0 Å². The molecule has 3 aromatic heterocycles. The monoisotopic (exact) mass is 453 g/mol. The van der Waals surface area contributed by atoms with Gasteiger partial charge in [-0.1, -0.05) is 6.07 Å². The Balaban J connectivity index is 1.73. The van der Waals surface area contributed by atoms with Gasteiger partial charge in [-0.15, -0.1) is 0 Å². The van der Waals surface area contributed by atoms with Crippen LogP contribution in [0.5, 0.6) is 0 Å². The van der Waals surface area contributed by atoms with E-state index in [1.165, 1.54) is 12.1 Å². The summed E-state index contributed by atoms with van der Waals surface area (Å²) in [6.45, 7) is 3.76. The molecule has 0 radical (unpaired) electrons. The Labute approximate surface area is 186 Å². The quantitative estimate of drug-likeness (QED) is 0.495. The van der Waals surface area contributed by atoms with Crippen LogP contribution in [0.1, 0.15) is 33.1 Å². The number of pyridine rings is 1. The molecule has 0 atom stereocenters. The molecule has 168 valence electrons. The maximum absolute atomic E-state index is 13.4. The van der Waals surface area contributed by atoms with Crippen molar-refractivity contribution in [2.45, 2.75) is 26.6 Å². The number of rotatable bonds is 5. The van der Waals surface area contributed by atoms with Gasteiger partial charge in [-0.3, -0.25) is 9.78 Å². The van der Waals surface area contributed by atoms with Crippen molar-refractivity contribution in [3.63, 3.8) is 0 Å². The Kier molecular flexibility index (Phi) is 5.86. The maximum Gasteiger partial charge on any atom is 0.451 e. The van der Waals surface area contributed by atoms with Gasteiger partial charge in [-0.25, -0.2) is 9.67 Å². The highest BCUT2D eigenvalue weighted by atomic mass is 19.4. The lowest BCUT2D eigenvalue weighted by Crippen LogP contribution is -2.24. The molecule has 0 aliphatic carbocycles. The van der Waals surface area contributed by atoms with Crippen molar-refractivity contribution in [3.05, 3.63) is 83.3 Å². The van der Waals surface area contributed by atoms with Crippen LogP contribution in [0, 0.1) is 13.8 Å². The van der Waals surface area contributed by atoms with Crippen LogP contribution < -0.4 is 5.32 Å². The van der Waals surface area contributed by atoms with Gasteiger partial charge >= 0.3 is 6.18 Å². The molecular weight excluding hydrogens is 435 g/mol. The van der Waals surface area contributed by atoms with Crippen LogP contribution in [0.2, 0.25) is 0 Å². The highest BCUT2D eigenvalue weighted by Gasteiger charge is 2.37. The highest BCUT2D eigenvalue weighted by Crippen LogP contribution is 2.30. The Morgan fingerprint density at radius 3 is 2.52 bits per heavy atom. The molecule has 0 spiro atoms. The third-order valence-electron chi connectivity index (χ3n) is 4.72. The lowest BCUT2D eigenvalue weighted by atomic mass is 10.0. The summed E-state index contributed by atoms with van der Waals surface area (Å²) >= 11 is 0. The molecule has 0 bridgehead atoms. The van der Waals surface area contributed by atoms with Gasteiger partial charge in [-0.05, 0) is 55.8 Å². The summed E-state index contributed by atoms with van der Waals surface area (Å²) in [4.78, 5) is 20.5. The molecule has 1 amide bonds. The lowest BCUT2D eigenvalue weighted by molar-refractivity contribution is -0.146. The zero-order valence-electron chi connectivity index (χ0n) is 17.6. The van der Waals surface area contributed by atoms with Crippen LogP contribution >= 0.6 is 0 Å². The Bertz CT molecular complexity index is 1280. The molecule has 4 aromatic rings. The molecule has 33 heavy (non-hydrogen) atoms. The maximum atomic E-state index is 13.4. The fourth-order valence-electron chi connectivity index (χ4n) is 3.07. The molecule has 1 aromatic carbocycles. The van der Waals surface area contributed by atoms with E-state index in [0.717, 1.165) is 17.6 Å². The largest absolute Gasteiger partial charge is 0.451 e. The molecule has 3 heterocycles. The number of hydrogen-bond donors (Lipinski definition) is 1. The van der Waals surface area contributed by atoms with Crippen molar-refractivity contribution < 1.29 is 18.0 Å². The molecule has 0 fully saturated rings. The first kappa shape index (κ1) is 22.1. The summed E-state index contributed by atoms with van der Waals surface area (Å²) in [7, 11) is 0. The lowest BCUT2D eigenvalue weighted by Gasteiger charge is -2.13. The highest BCUT2D eigenvalue weighted by molar-refractivity contribution is 5.96. The van der Waals surface area contributed by atoms with E-state index in [9.17, 15) is 18.0 Å². The van der Waals surface area contributed by atoms with Gasteiger partial charge in [-0.2, -0.15) is 28.5 Å². The predicted molar refractivity (Wildman–Crippen MR) is 112 cm³/mol. The predicted octanol–water partition coefficient (Wildman–Crippen LogP) is 3.68. The number of carbonyl (C=O) groups excluding carboxylic acids is 1. The molecule has 8 nitrogen and oxygen atoms in total. The summed E-state index contributed by atoms with van der Waals surface area (Å²) in [5.41, 5.74) is 3.31. The Hall–Kier alpha value is -4.15. The van der Waals surface area contributed by atoms with E-state index < -0.39 is 17.9 Å². The SMILES string of the molecule is Cc1ccc(-c2cc(C(=O)NCc3ccc(C)nn3)cc(-n3ncnc3C(F)(F)F)c2)nc1. The standard InChI is InChI=1S/C22H18F3N7O/c1-13-3-6-19(26-10-13)15-7-16(20(33)27-11-17-5-4-14(2)30-31-17)9-18(8-15)32-21(22(23,24)25)28-12-29-32/h3-10,12H,11H2,1-2H3,(H,27,33). The van der Waals surface area contributed by atoms with E-state index in [0.29, 0.717) is 21.6 Å². The number of amides is 1. The number of carbonyl (C=O) groups is 1. The second-order valence-corrected chi connectivity index (χ2v) is 7.33. The zero-order valence-corrected chi connectivity index (χ0v) is 17.6. The number of aromatic nitrogens is 6. The molecule has 1 N–H and O–H groups in total. The first-order valence-corrected chi connectivity index (χ1v) is 9.84. The van der Waals surface area contributed by atoms with Crippen LogP contribution in [0.4, 0.5) is 13.2 Å². The molecule has 0 saturated carbocycles. The van der Waals surface area contributed by atoms with E-state index >= 15 is 0 Å². The van der Waals surface area contributed by atoms with E-state index in [2.05, 4.69) is 30.6 Å². The zero-order chi connectivity index (χ0) is 23.6. The summed E-state index contributed by atoms with van der Waals surface area (Å²) in [5, 5.41) is 14.4. The normalized spacial score (nSPS) is 11.4. The van der Waals surface area contributed by atoms with E-state index in [1.54, 1.807) is 37.4 Å². The topological polar surface area (TPSA) is 98.5 Å². The fourth-order valence-corrected chi connectivity index (χ4v) is 3.07. The number of hydrogen-bond acceptors (Lipinski definition) is 6. The van der Waals surface area contributed by atoms with E-state index in [1.807, 2.05) is 13.0 Å². The summed E-state index contributed by atoms with van der Waals surface area (Å²) in [5.74, 6) is -1.70. The Morgan fingerprint density at radius 1 is 1.03 bits per heavy atom. The van der Waals surface area contributed by atoms with Gasteiger partial charge < -0.3 is 5.32 Å². The smallest absolute Gasteiger partial charge is 0.346 e. The molecule has 0 saturated heterocycles. The minimum atomic E-state index is -4.72.